The number of carbonyl (C=O) groups excluding carboxylic acids is 1. The molecule has 3 aromatic rings. The van der Waals surface area contributed by atoms with Crippen LogP contribution in [0.4, 0.5) is 5.82 Å². The molecule has 126 valence electrons. The van der Waals surface area contributed by atoms with Crippen LogP contribution in [0, 0.1) is 15.3 Å². The molecule has 0 bridgehead atoms. The van der Waals surface area contributed by atoms with E-state index in [1.807, 2.05) is 38.1 Å². The van der Waals surface area contributed by atoms with Gasteiger partial charge in [0.15, 0.2) is 3.95 Å². The summed E-state index contributed by atoms with van der Waals surface area (Å²) < 4.78 is 0.662. The number of fused-ring (bicyclic) bond motifs is 1. The molecule has 25 heavy (non-hydrogen) atoms. The molecular weight excluding hydrogens is 352 g/mol. The van der Waals surface area contributed by atoms with Crippen molar-refractivity contribution in [3.8, 4) is 6.07 Å². The van der Waals surface area contributed by atoms with Crippen LogP contribution in [0.15, 0.2) is 36.4 Å². The first-order chi connectivity index (χ1) is 12.0. The fourth-order valence-corrected chi connectivity index (χ4v) is 3.61. The highest BCUT2D eigenvalue weighted by molar-refractivity contribution is 7.73. The zero-order chi connectivity index (χ0) is 18.0. The molecule has 1 amide bonds. The number of anilines is 1. The predicted molar refractivity (Wildman–Crippen MR) is 103 cm³/mol. The third-order valence-electron chi connectivity index (χ3n) is 3.74. The van der Waals surface area contributed by atoms with Gasteiger partial charge in [0.25, 0.3) is 5.91 Å². The van der Waals surface area contributed by atoms with Gasteiger partial charge in [-0.1, -0.05) is 23.5 Å². The minimum absolute atomic E-state index is 0.0526. The van der Waals surface area contributed by atoms with Gasteiger partial charge in [-0.25, -0.2) is 4.98 Å². The number of aromatic amines is 1. The number of nitrogens with zero attached hydrogens (tertiary/aromatic N) is 3. The van der Waals surface area contributed by atoms with Crippen LogP contribution in [0.3, 0.4) is 0 Å². The Bertz CT molecular complexity index is 1010. The van der Waals surface area contributed by atoms with Crippen molar-refractivity contribution in [1.29, 1.82) is 5.26 Å². The van der Waals surface area contributed by atoms with Gasteiger partial charge in [-0.05, 0) is 55.9 Å². The third-order valence-corrected chi connectivity index (χ3v) is 4.88. The van der Waals surface area contributed by atoms with Crippen molar-refractivity contribution < 1.29 is 4.79 Å². The van der Waals surface area contributed by atoms with Crippen LogP contribution in [-0.2, 0) is 6.42 Å². The van der Waals surface area contributed by atoms with Crippen LogP contribution in [0.5, 0.6) is 0 Å². The van der Waals surface area contributed by atoms with Crippen LogP contribution in [0.25, 0.3) is 10.3 Å². The van der Waals surface area contributed by atoms with Crippen molar-refractivity contribution in [2.75, 3.05) is 4.90 Å². The Kier molecular flexibility index (Phi) is 4.93. The van der Waals surface area contributed by atoms with Crippen molar-refractivity contribution in [3.63, 3.8) is 0 Å². The second-order valence-electron chi connectivity index (χ2n) is 5.84. The number of hydrogen-bond acceptors (Lipinski definition) is 5. The fraction of sp³-hybridized carbons (Fsp3) is 0.222. The van der Waals surface area contributed by atoms with E-state index in [0.29, 0.717) is 21.8 Å². The number of thiazole rings is 1. The largest absolute Gasteiger partial charge is 0.336 e. The van der Waals surface area contributed by atoms with E-state index in [1.165, 1.54) is 11.3 Å². The van der Waals surface area contributed by atoms with Gasteiger partial charge in [0.05, 0.1) is 18.0 Å². The number of amides is 1. The Morgan fingerprint density at radius 2 is 2.04 bits per heavy atom. The molecule has 0 atom stereocenters. The number of nitriles is 1. The van der Waals surface area contributed by atoms with Gasteiger partial charge < -0.3 is 4.98 Å². The normalized spacial score (nSPS) is 10.8. The number of H-pyrrole nitrogens is 1. The number of carbonyl (C=O) groups is 1. The van der Waals surface area contributed by atoms with E-state index in [0.717, 1.165) is 15.9 Å². The van der Waals surface area contributed by atoms with E-state index in [-0.39, 0.29) is 11.9 Å². The van der Waals surface area contributed by atoms with Gasteiger partial charge in [0.1, 0.15) is 10.6 Å². The van der Waals surface area contributed by atoms with Gasteiger partial charge in [-0.15, -0.1) is 0 Å². The smallest absolute Gasteiger partial charge is 0.259 e. The molecule has 7 heteroatoms. The molecule has 0 aliphatic carbocycles. The van der Waals surface area contributed by atoms with Gasteiger partial charge in [-0.3, -0.25) is 9.69 Å². The first kappa shape index (κ1) is 17.3. The number of hydrogen-bond donors (Lipinski definition) is 1. The highest BCUT2D eigenvalue weighted by atomic mass is 32.1. The number of benzene rings is 1. The van der Waals surface area contributed by atoms with Crippen LogP contribution in [0.1, 0.15) is 29.8 Å². The lowest BCUT2D eigenvalue weighted by Gasteiger charge is -2.26. The van der Waals surface area contributed by atoms with Crippen molar-refractivity contribution in [1.82, 2.24) is 9.97 Å². The van der Waals surface area contributed by atoms with Crippen LogP contribution < -0.4 is 4.90 Å². The average Bonchev–Trinajstić information content (AvgIpc) is 2.95. The maximum atomic E-state index is 13.0. The third kappa shape index (κ3) is 3.60. The van der Waals surface area contributed by atoms with Gasteiger partial charge in [-0.2, -0.15) is 5.26 Å². The van der Waals surface area contributed by atoms with E-state index in [2.05, 4.69) is 16.0 Å². The summed E-state index contributed by atoms with van der Waals surface area (Å²) in [6.45, 7) is 3.90. The molecule has 0 unspecified atom stereocenters. The summed E-state index contributed by atoms with van der Waals surface area (Å²) in [6, 6.07) is 12.9. The molecule has 0 aliphatic heterocycles. The van der Waals surface area contributed by atoms with E-state index in [1.54, 1.807) is 17.0 Å². The Labute approximate surface area is 154 Å². The first-order valence-electron chi connectivity index (χ1n) is 7.79. The second kappa shape index (κ2) is 7.13. The summed E-state index contributed by atoms with van der Waals surface area (Å²) in [5, 5.41) is 8.75. The molecule has 2 aromatic heterocycles. The molecular formula is C18H16N4OS2. The fourth-order valence-electron chi connectivity index (χ4n) is 2.56. The average molecular weight is 368 g/mol. The SMILES string of the molecule is CC(C)N(C(=O)c1ccc(CC#N)cc1)c1ccc2[nH]c(=S)sc2n1. The standard InChI is InChI=1S/C18H16N4OS2/c1-11(2)22(15-8-7-14-16(21-15)25-18(24)20-14)17(23)13-5-3-12(4-6-13)9-10-19/h3-8,11H,9H2,1-2H3,(H,20,24). The minimum atomic E-state index is -0.121. The maximum absolute atomic E-state index is 13.0. The highest BCUT2D eigenvalue weighted by Gasteiger charge is 2.22. The lowest BCUT2D eigenvalue weighted by Crippen LogP contribution is -2.37. The van der Waals surface area contributed by atoms with Crippen molar-refractivity contribution in [2.45, 2.75) is 26.3 Å². The Hall–Kier alpha value is -2.56. The van der Waals surface area contributed by atoms with E-state index in [4.69, 9.17) is 17.5 Å². The molecule has 0 fully saturated rings. The monoisotopic (exact) mass is 368 g/mol. The molecule has 0 spiro atoms. The maximum Gasteiger partial charge on any atom is 0.259 e. The summed E-state index contributed by atoms with van der Waals surface area (Å²) >= 11 is 6.54. The van der Waals surface area contributed by atoms with E-state index < -0.39 is 0 Å². The van der Waals surface area contributed by atoms with Crippen LogP contribution >= 0.6 is 23.6 Å². The lowest BCUT2D eigenvalue weighted by atomic mass is 10.1. The number of nitrogens with one attached hydrogen (secondary N) is 1. The lowest BCUT2D eigenvalue weighted by molar-refractivity contribution is 0.0979. The summed E-state index contributed by atoms with van der Waals surface area (Å²) in [4.78, 5) is 23.1. The molecule has 0 radical (unpaired) electrons. The summed E-state index contributed by atoms with van der Waals surface area (Å²) in [6.07, 6.45) is 0.332. The quantitative estimate of drug-likeness (QED) is 0.689. The van der Waals surface area contributed by atoms with Gasteiger partial charge in [0.2, 0.25) is 0 Å². The molecule has 1 N–H and O–H groups in total. The zero-order valence-electron chi connectivity index (χ0n) is 13.8. The Morgan fingerprint density at radius 1 is 1.32 bits per heavy atom. The second-order valence-corrected chi connectivity index (χ2v) is 7.50. The number of rotatable bonds is 4. The Morgan fingerprint density at radius 3 is 2.68 bits per heavy atom. The molecule has 0 saturated carbocycles. The van der Waals surface area contributed by atoms with Crippen molar-refractivity contribution >= 4 is 45.6 Å². The molecule has 5 nitrogen and oxygen atoms in total. The molecule has 2 heterocycles. The zero-order valence-corrected chi connectivity index (χ0v) is 15.4. The Balaban J connectivity index is 1.97. The molecule has 1 aromatic carbocycles. The molecule has 3 rings (SSSR count). The first-order valence-corrected chi connectivity index (χ1v) is 9.01. The molecule has 0 aliphatic rings. The van der Waals surface area contributed by atoms with E-state index >= 15 is 0 Å². The van der Waals surface area contributed by atoms with Gasteiger partial charge >= 0.3 is 0 Å². The predicted octanol–water partition coefficient (Wildman–Crippen LogP) is 4.48. The number of pyridine rings is 1. The summed E-state index contributed by atoms with van der Waals surface area (Å²) in [5.41, 5.74) is 2.33. The topological polar surface area (TPSA) is 72.8 Å². The van der Waals surface area contributed by atoms with E-state index in [9.17, 15) is 4.79 Å². The number of aromatic nitrogens is 2. The van der Waals surface area contributed by atoms with Gasteiger partial charge in [0, 0.05) is 11.6 Å². The minimum Gasteiger partial charge on any atom is -0.336 e. The van der Waals surface area contributed by atoms with Crippen LogP contribution in [0.2, 0.25) is 0 Å². The van der Waals surface area contributed by atoms with Crippen molar-refractivity contribution in [3.05, 3.63) is 51.5 Å². The van der Waals surface area contributed by atoms with Crippen LogP contribution in [-0.4, -0.2) is 21.9 Å². The summed E-state index contributed by atoms with van der Waals surface area (Å²) in [7, 11) is 0. The molecule has 0 saturated heterocycles. The summed E-state index contributed by atoms with van der Waals surface area (Å²) in [5.74, 6) is 0.475. The van der Waals surface area contributed by atoms with Crippen molar-refractivity contribution in [2.24, 2.45) is 0 Å². The highest BCUT2D eigenvalue weighted by Crippen LogP contribution is 2.24.